The van der Waals surface area contributed by atoms with E-state index in [0.29, 0.717) is 12.2 Å². The van der Waals surface area contributed by atoms with Crippen LogP contribution >= 0.6 is 15.9 Å². The first-order valence-electron chi connectivity index (χ1n) is 13.4. The van der Waals surface area contributed by atoms with E-state index in [1.54, 1.807) is 43.3 Å². The zero-order chi connectivity index (χ0) is 29.4. The van der Waals surface area contributed by atoms with Gasteiger partial charge in [0.15, 0.2) is 0 Å². The van der Waals surface area contributed by atoms with Gasteiger partial charge in [-0.3, -0.25) is 13.9 Å². The third-order valence-electron chi connectivity index (χ3n) is 6.97. The number of carbonyl (C=O) groups excluding carboxylic acids is 2. The number of nitrogens with zero attached hydrogens (tertiary/aromatic N) is 2. The zero-order valence-corrected chi connectivity index (χ0v) is 26.2. The highest BCUT2D eigenvalue weighted by molar-refractivity contribution is 9.10. The summed E-state index contributed by atoms with van der Waals surface area (Å²) in [4.78, 5) is 28.7. The Morgan fingerprint density at radius 2 is 1.65 bits per heavy atom. The molecule has 1 N–H and O–H groups in total. The number of benzene rings is 3. The van der Waals surface area contributed by atoms with Crippen molar-refractivity contribution in [1.82, 2.24) is 10.2 Å². The summed E-state index contributed by atoms with van der Waals surface area (Å²) in [6.45, 7) is 9.54. The largest absolute Gasteiger partial charge is 0.354 e. The van der Waals surface area contributed by atoms with Crippen molar-refractivity contribution in [2.24, 2.45) is 0 Å². The van der Waals surface area contributed by atoms with Crippen molar-refractivity contribution in [3.8, 4) is 0 Å². The first-order chi connectivity index (χ1) is 18.9. The number of sulfonamides is 1. The van der Waals surface area contributed by atoms with E-state index in [4.69, 9.17) is 0 Å². The molecule has 1 atom stereocenters. The number of anilines is 1. The highest BCUT2D eigenvalue weighted by Crippen LogP contribution is 2.29. The Labute approximate surface area is 246 Å². The van der Waals surface area contributed by atoms with Crippen LogP contribution in [0.3, 0.4) is 0 Å². The molecule has 0 aliphatic heterocycles. The fourth-order valence-electron chi connectivity index (χ4n) is 4.31. The lowest BCUT2D eigenvalue weighted by Crippen LogP contribution is -2.51. The predicted molar refractivity (Wildman–Crippen MR) is 164 cm³/mol. The van der Waals surface area contributed by atoms with Crippen molar-refractivity contribution in [3.05, 3.63) is 93.5 Å². The van der Waals surface area contributed by atoms with Crippen molar-refractivity contribution in [1.29, 1.82) is 0 Å². The van der Waals surface area contributed by atoms with Crippen LogP contribution in [0, 0.1) is 20.8 Å². The molecule has 0 unspecified atom stereocenters. The SMILES string of the molecule is CCCCNC(=O)[C@@H](C)N(Cc1cccc(Br)c1)C(=O)CN(c1cccc(C)c1C)S(=O)(=O)c1ccc(C)cc1. The third kappa shape index (κ3) is 7.73. The topological polar surface area (TPSA) is 86.8 Å². The summed E-state index contributed by atoms with van der Waals surface area (Å²) in [6, 6.07) is 18.6. The minimum atomic E-state index is -4.10. The summed E-state index contributed by atoms with van der Waals surface area (Å²) in [5, 5.41) is 2.90. The molecule has 2 amide bonds. The van der Waals surface area contributed by atoms with Crippen molar-refractivity contribution >= 4 is 43.5 Å². The van der Waals surface area contributed by atoms with Crippen LogP contribution in [0.25, 0.3) is 0 Å². The number of amides is 2. The minimum Gasteiger partial charge on any atom is -0.354 e. The van der Waals surface area contributed by atoms with Gasteiger partial charge in [0.25, 0.3) is 10.0 Å². The van der Waals surface area contributed by atoms with Crippen LogP contribution < -0.4 is 9.62 Å². The van der Waals surface area contributed by atoms with Gasteiger partial charge in [0.1, 0.15) is 12.6 Å². The number of nitrogens with one attached hydrogen (secondary N) is 1. The summed E-state index contributed by atoms with van der Waals surface area (Å²) >= 11 is 3.47. The lowest BCUT2D eigenvalue weighted by Gasteiger charge is -2.32. The van der Waals surface area contributed by atoms with E-state index in [2.05, 4.69) is 21.2 Å². The molecular weight excluding hydrogens is 590 g/mol. The maximum Gasteiger partial charge on any atom is 0.264 e. The van der Waals surface area contributed by atoms with Gasteiger partial charge in [-0.25, -0.2) is 8.42 Å². The van der Waals surface area contributed by atoms with Crippen molar-refractivity contribution in [3.63, 3.8) is 0 Å². The van der Waals surface area contributed by atoms with Crippen LogP contribution in [0.1, 0.15) is 48.9 Å². The molecule has 0 aromatic heterocycles. The summed E-state index contributed by atoms with van der Waals surface area (Å²) in [5.41, 5.74) is 3.84. The first-order valence-corrected chi connectivity index (χ1v) is 15.7. The fraction of sp³-hybridized carbons (Fsp3) is 0.355. The Hall–Kier alpha value is -3.17. The van der Waals surface area contributed by atoms with Crippen LogP contribution in [0.4, 0.5) is 5.69 Å². The molecule has 40 heavy (non-hydrogen) atoms. The minimum absolute atomic E-state index is 0.0932. The van der Waals surface area contributed by atoms with E-state index in [9.17, 15) is 18.0 Å². The fourth-order valence-corrected chi connectivity index (χ4v) is 6.23. The van der Waals surface area contributed by atoms with Crippen LogP contribution in [0.2, 0.25) is 0 Å². The molecule has 0 radical (unpaired) electrons. The van der Waals surface area contributed by atoms with Crippen molar-refractivity contribution in [2.75, 3.05) is 17.4 Å². The summed E-state index contributed by atoms with van der Waals surface area (Å²) < 4.78 is 30.0. The molecule has 0 spiro atoms. The Bertz CT molecular complexity index is 1440. The van der Waals surface area contributed by atoms with Gasteiger partial charge in [0.2, 0.25) is 11.8 Å². The van der Waals surface area contributed by atoms with Gasteiger partial charge in [0.05, 0.1) is 10.6 Å². The number of carbonyl (C=O) groups is 2. The number of hydrogen-bond donors (Lipinski definition) is 1. The van der Waals surface area contributed by atoms with Crippen molar-refractivity contribution in [2.45, 2.75) is 64.9 Å². The molecule has 0 saturated heterocycles. The van der Waals surface area contributed by atoms with Gasteiger partial charge in [-0.1, -0.05) is 71.2 Å². The molecule has 9 heteroatoms. The van der Waals surface area contributed by atoms with E-state index in [1.165, 1.54) is 4.90 Å². The van der Waals surface area contributed by atoms with Crippen molar-refractivity contribution < 1.29 is 18.0 Å². The molecule has 3 aromatic rings. The van der Waals surface area contributed by atoms with Gasteiger partial charge < -0.3 is 10.2 Å². The number of unbranched alkanes of at least 4 members (excludes halogenated alkanes) is 1. The van der Waals surface area contributed by atoms with Gasteiger partial charge in [-0.05, 0) is 81.1 Å². The summed E-state index contributed by atoms with van der Waals surface area (Å²) in [5.74, 6) is -0.758. The van der Waals surface area contributed by atoms with Gasteiger partial charge in [0, 0.05) is 17.6 Å². The van der Waals surface area contributed by atoms with E-state index in [-0.39, 0.29) is 17.3 Å². The smallest absolute Gasteiger partial charge is 0.264 e. The second kappa shape index (κ2) is 13.9. The molecule has 0 aliphatic carbocycles. The van der Waals surface area contributed by atoms with Crippen LogP contribution in [-0.2, 0) is 26.2 Å². The number of halogens is 1. The normalized spacial score (nSPS) is 12.1. The Morgan fingerprint density at radius 3 is 2.30 bits per heavy atom. The summed E-state index contributed by atoms with van der Waals surface area (Å²) in [7, 11) is -4.10. The van der Waals surface area contributed by atoms with Gasteiger partial charge in [-0.15, -0.1) is 0 Å². The first kappa shape index (κ1) is 31.4. The molecule has 0 heterocycles. The summed E-state index contributed by atoms with van der Waals surface area (Å²) in [6.07, 6.45) is 1.75. The quantitative estimate of drug-likeness (QED) is 0.253. The zero-order valence-electron chi connectivity index (χ0n) is 23.8. The predicted octanol–water partition coefficient (Wildman–Crippen LogP) is 5.90. The average Bonchev–Trinajstić information content (AvgIpc) is 2.92. The van der Waals surface area contributed by atoms with Crippen LogP contribution in [0.15, 0.2) is 76.1 Å². The second-order valence-corrected chi connectivity index (χ2v) is 12.8. The van der Waals surface area contributed by atoms with Gasteiger partial charge in [-0.2, -0.15) is 0 Å². The molecule has 3 rings (SSSR count). The maximum atomic E-state index is 14.0. The number of aryl methyl sites for hydroxylation is 2. The van der Waals surface area contributed by atoms with E-state index in [0.717, 1.165) is 43.9 Å². The average molecular weight is 629 g/mol. The van der Waals surface area contributed by atoms with E-state index in [1.807, 2.05) is 58.0 Å². The molecule has 0 bridgehead atoms. The highest BCUT2D eigenvalue weighted by atomic mass is 79.9. The second-order valence-electron chi connectivity index (χ2n) is 10.0. The molecule has 7 nitrogen and oxygen atoms in total. The van der Waals surface area contributed by atoms with E-state index >= 15 is 0 Å². The van der Waals surface area contributed by atoms with E-state index < -0.39 is 28.5 Å². The lowest BCUT2D eigenvalue weighted by molar-refractivity contribution is -0.139. The Balaban J connectivity index is 2.04. The molecule has 214 valence electrons. The monoisotopic (exact) mass is 627 g/mol. The molecule has 0 aliphatic rings. The van der Waals surface area contributed by atoms with Crippen LogP contribution in [-0.4, -0.2) is 44.3 Å². The maximum absolute atomic E-state index is 14.0. The molecular formula is C31H38BrN3O4S. The Kier molecular flexibility index (Phi) is 10.9. The molecule has 0 saturated carbocycles. The number of hydrogen-bond acceptors (Lipinski definition) is 4. The number of rotatable bonds is 12. The highest BCUT2D eigenvalue weighted by Gasteiger charge is 2.33. The molecule has 0 fully saturated rings. The standard InChI is InChI=1S/C31H38BrN3O4S/c1-6-7-18-33-31(37)25(5)34(20-26-11-9-12-27(32)19-26)30(36)21-35(29-13-8-10-23(3)24(29)4)40(38,39)28-16-14-22(2)15-17-28/h8-17,19,25H,6-7,18,20-21H2,1-5H3,(H,33,37)/t25-/m1/s1. The third-order valence-corrected chi connectivity index (χ3v) is 9.24. The van der Waals surface area contributed by atoms with Crippen LogP contribution in [0.5, 0.6) is 0 Å². The lowest BCUT2D eigenvalue weighted by atomic mass is 10.1. The molecule has 3 aromatic carbocycles. The Morgan fingerprint density at radius 1 is 0.975 bits per heavy atom. The van der Waals surface area contributed by atoms with Gasteiger partial charge >= 0.3 is 0 Å².